The minimum atomic E-state index is -0.478. The van der Waals surface area contributed by atoms with Crippen molar-refractivity contribution in [2.75, 3.05) is 18.2 Å². The number of esters is 1. The molecule has 0 atom stereocenters. The van der Waals surface area contributed by atoms with Gasteiger partial charge in [-0.05, 0) is 50.8 Å². The number of carbonyl (C=O) groups excluding carboxylic acids is 2. The number of methoxy groups -OCH3 is 1. The normalized spacial score (nSPS) is 11.1. The molecule has 0 aliphatic rings. The number of thioether (sulfide) groups is 1. The molecule has 0 saturated carbocycles. The van der Waals surface area contributed by atoms with Crippen LogP contribution in [0.15, 0.2) is 34.1 Å². The van der Waals surface area contributed by atoms with Crippen molar-refractivity contribution in [3.8, 4) is 22.5 Å². The van der Waals surface area contributed by atoms with Crippen LogP contribution in [0.2, 0.25) is 0 Å². The Morgan fingerprint density at radius 1 is 1.05 bits per heavy atom. The lowest BCUT2D eigenvalue weighted by Gasteiger charge is -2.10. The zero-order chi connectivity index (χ0) is 26.7. The van der Waals surface area contributed by atoms with Gasteiger partial charge in [0, 0.05) is 33.3 Å². The Balaban J connectivity index is 1.54. The maximum Gasteiger partial charge on any atom is 0.341 e. The van der Waals surface area contributed by atoms with Gasteiger partial charge in [0.15, 0.2) is 11.0 Å². The van der Waals surface area contributed by atoms with Crippen molar-refractivity contribution >= 4 is 51.3 Å². The van der Waals surface area contributed by atoms with Crippen LogP contribution in [0, 0.1) is 20.8 Å². The van der Waals surface area contributed by atoms with Crippen LogP contribution in [-0.2, 0) is 22.5 Å². The second-order valence-corrected chi connectivity index (χ2v) is 11.5. The van der Waals surface area contributed by atoms with E-state index >= 15 is 0 Å². The molecule has 0 spiro atoms. The molecule has 0 aliphatic heterocycles. The van der Waals surface area contributed by atoms with E-state index in [0.29, 0.717) is 22.3 Å². The van der Waals surface area contributed by atoms with Crippen molar-refractivity contribution in [2.45, 2.75) is 52.7 Å². The van der Waals surface area contributed by atoms with Crippen LogP contribution in [0.1, 0.15) is 45.8 Å². The van der Waals surface area contributed by atoms with Crippen LogP contribution < -0.4 is 5.32 Å². The van der Waals surface area contributed by atoms with E-state index in [1.165, 1.54) is 40.6 Å². The van der Waals surface area contributed by atoms with Gasteiger partial charge in [-0.25, -0.2) is 4.79 Å². The molecule has 37 heavy (non-hydrogen) atoms. The molecule has 0 unspecified atom stereocenters. The van der Waals surface area contributed by atoms with E-state index in [4.69, 9.17) is 4.74 Å². The molecule has 1 aromatic carbocycles. The second kappa shape index (κ2) is 11.6. The number of nitrogens with one attached hydrogen (secondary N) is 1. The molecule has 0 aliphatic carbocycles. The van der Waals surface area contributed by atoms with E-state index in [0.717, 1.165) is 40.1 Å². The van der Waals surface area contributed by atoms with Crippen molar-refractivity contribution in [3.05, 3.63) is 56.1 Å². The summed E-state index contributed by atoms with van der Waals surface area (Å²) >= 11 is 4.37. The highest BCUT2D eigenvalue weighted by atomic mass is 32.2. The summed E-state index contributed by atoms with van der Waals surface area (Å²) in [5.41, 5.74) is 6.61. The fourth-order valence-corrected chi connectivity index (χ4v) is 6.96. The third-order valence-corrected chi connectivity index (χ3v) is 9.00. The molecule has 4 aromatic rings. The van der Waals surface area contributed by atoms with Crippen LogP contribution in [0.25, 0.3) is 22.5 Å². The molecule has 7 nitrogen and oxygen atoms in total. The topological polar surface area (TPSA) is 86.1 Å². The van der Waals surface area contributed by atoms with Crippen LogP contribution in [0.4, 0.5) is 5.00 Å². The fourth-order valence-electron chi connectivity index (χ4n) is 4.26. The van der Waals surface area contributed by atoms with Gasteiger partial charge in [0.05, 0.1) is 12.9 Å². The van der Waals surface area contributed by atoms with Crippen LogP contribution in [0.3, 0.4) is 0 Å². The van der Waals surface area contributed by atoms with Gasteiger partial charge in [-0.2, -0.15) is 0 Å². The first-order valence-corrected chi connectivity index (χ1v) is 14.7. The van der Waals surface area contributed by atoms with Gasteiger partial charge in [-0.1, -0.05) is 42.4 Å². The summed E-state index contributed by atoms with van der Waals surface area (Å²) in [6.07, 6.45) is 0.930. The van der Waals surface area contributed by atoms with Gasteiger partial charge in [0.2, 0.25) is 5.91 Å². The molecule has 0 fully saturated rings. The van der Waals surface area contributed by atoms with Crippen molar-refractivity contribution in [1.29, 1.82) is 0 Å². The number of anilines is 1. The van der Waals surface area contributed by atoms with E-state index in [2.05, 4.69) is 34.7 Å². The molecule has 0 bridgehead atoms. The monoisotopic (exact) mass is 554 g/mol. The molecule has 194 valence electrons. The maximum absolute atomic E-state index is 13.0. The lowest BCUT2D eigenvalue weighted by Crippen LogP contribution is -2.16. The van der Waals surface area contributed by atoms with Gasteiger partial charge < -0.3 is 14.6 Å². The molecular weight excluding hydrogens is 525 g/mol. The average Bonchev–Trinajstić information content (AvgIpc) is 3.59. The largest absolute Gasteiger partial charge is 0.465 e. The molecule has 4 rings (SSSR count). The number of ether oxygens (including phenoxy) is 1. The number of aryl methyl sites for hydroxylation is 3. The molecule has 10 heteroatoms. The molecular formula is C27H30N4O3S3. The van der Waals surface area contributed by atoms with Crippen LogP contribution in [-0.4, -0.2) is 39.5 Å². The van der Waals surface area contributed by atoms with Gasteiger partial charge >= 0.3 is 5.97 Å². The third-order valence-electron chi connectivity index (χ3n) is 6.18. The van der Waals surface area contributed by atoms with Gasteiger partial charge in [-0.3, -0.25) is 4.79 Å². The summed E-state index contributed by atoms with van der Waals surface area (Å²) in [4.78, 5) is 27.0. The first kappa shape index (κ1) is 27.1. The Bertz CT molecular complexity index is 1450. The molecule has 1 N–H and O–H groups in total. The number of carbonyl (C=O) groups is 2. The standard InChI is InChI=1S/C27H30N4O3S3/c1-7-18-17(5)35-13-21(18)24-29-30-27(31(24)8-2)37-14-22(32)28-25-23(26(33)34-6)20(12-36-25)19-11-15(3)9-10-16(19)4/h9-13H,7-8,14H2,1-6H3,(H,28,32). The predicted octanol–water partition coefficient (Wildman–Crippen LogP) is 6.76. The minimum absolute atomic E-state index is 0.138. The highest BCUT2D eigenvalue weighted by Crippen LogP contribution is 2.38. The zero-order valence-corrected chi connectivity index (χ0v) is 24.2. The van der Waals surface area contributed by atoms with E-state index in [1.54, 1.807) is 11.3 Å². The number of amides is 1. The van der Waals surface area contributed by atoms with Gasteiger partial charge in [0.1, 0.15) is 10.6 Å². The number of thiophene rings is 2. The second-order valence-electron chi connectivity index (χ2n) is 8.59. The van der Waals surface area contributed by atoms with E-state index < -0.39 is 5.97 Å². The summed E-state index contributed by atoms with van der Waals surface area (Å²) in [5.74, 6) is 0.264. The fraction of sp³-hybridized carbons (Fsp3) is 0.333. The van der Waals surface area contributed by atoms with E-state index in [9.17, 15) is 9.59 Å². The number of nitrogens with zero attached hydrogens (tertiary/aromatic N) is 3. The third kappa shape index (κ3) is 5.51. The number of aromatic nitrogens is 3. The lowest BCUT2D eigenvalue weighted by molar-refractivity contribution is -0.113. The molecule has 1 amide bonds. The van der Waals surface area contributed by atoms with Crippen molar-refractivity contribution in [2.24, 2.45) is 0 Å². The smallest absolute Gasteiger partial charge is 0.341 e. The highest BCUT2D eigenvalue weighted by Gasteiger charge is 2.24. The highest BCUT2D eigenvalue weighted by molar-refractivity contribution is 7.99. The summed E-state index contributed by atoms with van der Waals surface area (Å²) in [6.45, 7) is 11.0. The molecule has 3 heterocycles. The summed E-state index contributed by atoms with van der Waals surface area (Å²) in [6, 6.07) is 6.10. The number of hydrogen-bond acceptors (Lipinski definition) is 8. The van der Waals surface area contributed by atoms with Crippen molar-refractivity contribution < 1.29 is 14.3 Å². The minimum Gasteiger partial charge on any atom is -0.465 e. The quantitative estimate of drug-likeness (QED) is 0.182. The molecule has 0 radical (unpaired) electrons. The van der Waals surface area contributed by atoms with Crippen molar-refractivity contribution in [1.82, 2.24) is 14.8 Å². The molecule has 3 aromatic heterocycles. The summed E-state index contributed by atoms with van der Waals surface area (Å²) in [5, 5.41) is 16.9. The Hall–Kier alpha value is -2.95. The van der Waals surface area contributed by atoms with Crippen molar-refractivity contribution in [3.63, 3.8) is 0 Å². The van der Waals surface area contributed by atoms with Crippen LogP contribution in [0.5, 0.6) is 0 Å². The Kier molecular flexibility index (Phi) is 8.51. The lowest BCUT2D eigenvalue weighted by atomic mass is 9.97. The average molecular weight is 555 g/mol. The summed E-state index contributed by atoms with van der Waals surface area (Å²) in [7, 11) is 1.35. The SMILES string of the molecule is CCc1c(-c2nnc(SCC(=O)Nc3scc(-c4cc(C)ccc4C)c3C(=O)OC)n2CC)csc1C. The summed E-state index contributed by atoms with van der Waals surface area (Å²) < 4.78 is 7.11. The first-order chi connectivity index (χ1) is 17.8. The van der Waals surface area contributed by atoms with Gasteiger partial charge in [0.25, 0.3) is 0 Å². The number of hydrogen-bond donors (Lipinski definition) is 1. The maximum atomic E-state index is 13.0. The van der Waals surface area contributed by atoms with Crippen LogP contribution >= 0.6 is 34.4 Å². The number of benzene rings is 1. The zero-order valence-electron chi connectivity index (χ0n) is 21.8. The van der Waals surface area contributed by atoms with E-state index in [1.807, 2.05) is 48.9 Å². The van der Waals surface area contributed by atoms with Gasteiger partial charge in [-0.15, -0.1) is 32.9 Å². The Morgan fingerprint density at radius 3 is 2.51 bits per heavy atom. The Morgan fingerprint density at radius 2 is 1.81 bits per heavy atom. The Labute approximate surface area is 229 Å². The number of rotatable bonds is 9. The van der Waals surface area contributed by atoms with E-state index in [-0.39, 0.29) is 11.7 Å². The predicted molar refractivity (Wildman–Crippen MR) is 153 cm³/mol. The first-order valence-electron chi connectivity index (χ1n) is 12.0. The molecule has 0 saturated heterocycles.